The fraction of sp³-hybridized carbons (Fsp3) is 0. The molecule has 0 aliphatic rings. The summed E-state index contributed by atoms with van der Waals surface area (Å²) in [4.78, 5) is 15.2. The zero-order chi connectivity index (χ0) is 31.6. The van der Waals surface area contributed by atoms with Crippen molar-refractivity contribution >= 4 is 54.6 Å². The Labute approximate surface area is 274 Å². The van der Waals surface area contributed by atoms with Crippen LogP contribution in [0.5, 0.6) is 0 Å². The van der Waals surface area contributed by atoms with Crippen molar-refractivity contribution in [3.63, 3.8) is 0 Å². The van der Waals surface area contributed by atoms with Gasteiger partial charge < -0.3 is 8.83 Å². The van der Waals surface area contributed by atoms with E-state index in [9.17, 15) is 0 Å². The molecule has 0 saturated heterocycles. The summed E-state index contributed by atoms with van der Waals surface area (Å²) in [6.07, 6.45) is 0. The van der Waals surface area contributed by atoms with Gasteiger partial charge in [0.25, 0.3) is 0 Å². The van der Waals surface area contributed by atoms with E-state index in [2.05, 4.69) is 91.0 Å². The van der Waals surface area contributed by atoms with Gasteiger partial charge in [0.15, 0.2) is 17.5 Å². The molecule has 0 saturated carbocycles. The first-order valence-corrected chi connectivity index (χ1v) is 15.9. The Balaban J connectivity index is 1.26. The minimum atomic E-state index is 0.566. The van der Waals surface area contributed by atoms with Gasteiger partial charge in [0, 0.05) is 38.2 Å². The fourth-order valence-corrected chi connectivity index (χ4v) is 6.91. The molecule has 3 aromatic heterocycles. The van der Waals surface area contributed by atoms with Crippen LogP contribution >= 0.6 is 0 Å². The van der Waals surface area contributed by atoms with Crippen molar-refractivity contribution in [1.29, 1.82) is 0 Å². The second kappa shape index (κ2) is 10.5. The molecule has 0 spiro atoms. The number of furan rings is 2. The van der Waals surface area contributed by atoms with Gasteiger partial charge in [-0.25, -0.2) is 15.0 Å². The molecule has 10 rings (SSSR count). The lowest BCUT2D eigenvalue weighted by Gasteiger charge is -2.10. The lowest BCUT2D eigenvalue weighted by Crippen LogP contribution is -2.00. The molecule has 0 aliphatic carbocycles. The first-order chi connectivity index (χ1) is 23.8. The van der Waals surface area contributed by atoms with Gasteiger partial charge in [-0.2, -0.15) is 0 Å². The molecular weight excluding hydrogens is 590 g/mol. The number of hydrogen-bond donors (Lipinski definition) is 0. The van der Waals surface area contributed by atoms with E-state index in [1.165, 1.54) is 0 Å². The third-order valence-corrected chi connectivity index (χ3v) is 9.14. The largest absolute Gasteiger partial charge is 0.455 e. The van der Waals surface area contributed by atoms with Gasteiger partial charge in [-0.3, -0.25) is 0 Å². The van der Waals surface area contributed by atoms with Crippen molar-refractivity contribution in [1.82, 2.24) is 15.0 Å². The SMILES string of the molecule is c1ccc(-c2ccc(-c3nc(-c4ccccc4)nc(-c4cccc5oc6c7ccccc7c7c8ccccc8oc7c6c45)n3)cc2)cc1. The highest BCUT2D eigenvalue weighted by Crippen LogP contribution is 2.46. The average molecular weight is 616 g/mol. The van der Waals surface area contributed by atoms with Crippen molar-refractivity contribution in [2.75, 3.05) is 0 Å². The summed E-state index contributed by atoms with van der Waals surface area (Å²) >= 11 is 0. The summed E-state index contributed by atoms with van der Waals surface area (Å²) in [5.74, 6) is 1.77. The summed E-state index contributed by atoms with van der Waals surface area (Å²) in [5.41, 5.74) is 8.13. The summed E-state index contributed by atoms with van der Waals surface area (Å²) in [7, 11) is 0. The normalized spacial score (nSPS) is 11.8. The number of hydrogen-bond acceptors (Lipinski definition) is 5. The third-order valence-electron chi connectivity index (χ3n) is 9.14. The summed E-state index contributed by atoms with van der Waals surface area (Å²) in [5, 5.41) is 6.11. The second-order valence-corrected chi connectivity index (χ2v) is 11.9. The van der Waals surface area contributed by atoms with Crippen LogP contribution in [0, 0.1) is 0 Å². The number of nitrogens with zero attached hydrogens (tertiary/aromatic N) is 3. The Morgan fingerprint density at radius 1 is 0.312 bits per heavy atom. The standard InChI is InChI=1S/C43H25N3O2/c1-3-12-26(13-4-1)27-22-24-29(25-23-27)42-44-41(28-14-5-2-6-15-28)45-43(46-42)33-19-11-21-35-37(33)38-39(48-35)31-17-8-7-16-30(31)36-32-18-9-10-20-34(32)47-40(36)38/h1-25H. The molecule has 224 valence electrons. The van der Waals surface area contributed by atoms with E-state index >= 15 is 0 Å². The van der Waals surface area contributed by atoms with E-state index < -0.39 is 0 Å². The smallest absolute Gasteiger partial charge is 0.164 e. The highest BCUT2D eigenvalue weighted by Gasteiger charge is 2.24. The zero-order valence-electron chi connectivity index (χ0n) is 25.6. The number of benzene rings is 7. The molecule has 48 heavy (non-hydrogen) atoms. The molecule has 5 nitrogen and oxygen atoms in total. The number of rotatable bonds is 4. The van der Waals surface area contributed by atoms with Crippen molar-refractivity contribution < 1.29 is 8.83 Å². The second-order valence-electron chi connectivity index (χ2n) is 11.9. The van der Waals surface area contributed by atoms with Gasteiger partial charge in [-0.05, 0) is 28.6 Å². The summed E-state index contributed by atoms with van der Waals surface area (Å²) in [6.45, 7) is 0. The van der Waals surface area contributed by atoms with Gasteiger partial charge in [-0.15, -0.1) is 0 Å². The quantitative estimate of drug-likeness (QED) is 0.197. The highest BCUT2D eigenvalue weighted by molar-refractivity contribution is 6.34. The lowest BCUT2D eigenvalue weighted by molar-refractivity contribution is 0.665. The van der Waals surface area contributed by atoms with Crippen molar-refractivity contribution in [2.24, 2.45) is 0 Å². The zero-order valence-corrected chi connectivity index (χ0v) is 25.6. The molecule has 0 N–H and O–H groups in total. The van der Waals surface area contributed by atoms with Gasteiger partial charge in [-0.1, -0.05) is 140 Å². The van der Waals surface area contributed by atoms with E-state index in [0.717, 1.165) is 82.5 Å². The molecule has 0 aliphatic heterocycles. The topological polar surface area (TPSA) is 65.0 Å². The number of para-hydroxylation sites is 1. The highest BCUT2D eigenvalue weighted by atomic mass is 16.3. The van der Waals surface area contributed by atoms with E-state index in [1.807, 2.05) is 60.7 Å². The molecule has 10 aromatic rings. The third kappa shape index (κ3) is 4.08. The molecule has 0 atom stereocenters. The first-order valence-electron chi connectivity index (χ1n) is 15.9. The number of fused-ring (bicyclic) bond motifs is 10. The van der Waals surface area contributed by atoms with Crippen LogP contribution in [0.1, 0.15) is 0 Å². The van der Waals surface area contributed by atoms with Crippen LogP contribution in [0.2, 0.25) is 0 Å². The van der Waals surface area contributed by atoms with Crippen molar-refractivity contribution in [3.05, 3.63) is 152 Å². The maximum Gasteiger partial charge on any atom is 0.164 e. The molecule has 0 fully saturated rings. The van der Waals surface area contributed by atoms with E-state index in [4.69, 9.17) is 23.8 Å². The minimum Gasteiger partial charge on any atom is -0.455 e. The molecular formula is C43H25N3O2. The van der Waals surface area contributed by atoms with Gasteiger partial charge in [0.1, 0.15) is 22.3 Å². The molecule has 3 heterocycles. The lowest BCUT2D eigenvalue weighted by atomic mass is 9.98. The molecule has 7 aromatic carbocycles. The molecule has 0 radical (unpaired) electrons. The van der Waals surface area contributed by atoms with Crippen LogP contribution in [0.4, 0.5) is 0 Å². The Kier molecular flexibility index (Phi) is 5.81. The Bertz CT molecular complexity index is 2820. The molecule has 0 unspecified atom stereocenters. The maximum atomic E-state index is 6.69. The Hall–Kier alpha value is -6.59. The Morgan fingerprint density at radius 3 is 1.58 bits per heavy atom. The van der Waals surface area contributed by atoms with Crippen LogP contribution in [0.25, 0.3) is 99.9 Å². The van der Waals surface area contributed by atoms with Crippen LogP contribution < -0.4 is 0 Å². The van der Waals surface area contributed by atoms with Crippen molar-refractivity contribution in [3.8, 4) is 45.3 Å². The molecule has 0 amide bonds. The van der Waals surface area contributed by atoms with Crippen LogP contribution in [-0.4, -0.2) is 15.0 Å². The molecule has 5 heteroatoms. The molecule has 0 bridgehead atoms. The van der Waals surface area contributed by atoms with Crippen LogP contribution in [0.15, 0.2) is 160 Å². The fourth-order valence-electron chi connectivity index (χ4n) is 6.91. The van der Waals surface area contributed by atoms with E-state index in [-0.39, 0.29) is 0 Å². The van der Waals surface area contributed by atoms with Crippen molar-refractivity contribution in [2.45, 2.75) is 0 Å². The summed E-state index contributed by atoms with van der Waals surface area (Å²) < 4.78 is 13.3. The minimum absolute atomic E-state index is 0.566. The first kappa shape index (κ1) is 26.6. The maximum absolute atomic E-state index is 6.69. The number of aromatic nitrogens is 3. The summed E-state index contributed by atoms with van der Waals surface area (Å²) in [6, 6.07) is 51.4. The van der Waals surface area contributed by atoms with Crippen LogP contribution in [0.3, 0.4) is 0 Å². The Morgan fingerprint density at radius 2 is 0.833 bits per heavy atom. The predicted molar refractivity (Wildman–Crippen MR) is 194 cm³/mol. The van der Waals surface area contributed by atoms with E-state index in [1.54, 1.807) is 0 Å². The van der Waals surface area contributed by atoms with Crippen LogP contribution in [-0.2, 0) is 0 Å². The van der Waals surface area contributed by atoms with Gasteiger partial charge in [0.05, 0.1) is 5.39 Å². The van der Waals surface area contributed by atoms with Gasteiger partial charge in [0.2, 0.25) is 0 Å². The monoisotopic (exact) mass is 615 g/mol. The van der Waals surface area contributed by atoms with E-state index in [0.29, 0.717) is 17.5 Å². The van der Waals surface area contributed by atoms with Gasteiger partial charge >= 0.3 is 0 Å². The average Bonchev–Trinajstić information content (AvgIpc) is 3.75. The predicted octanol–water partition coefficient (Wildman–Crippen LogP) is 11.5.